The molecule has 0 amide bonds. The maximum absolute atomic E-state index is 9.33. The first-order valence-electron chi connectivity index (χ1n) is 5.65. The van der Waals surface area contributed by atoms with Crippen LogP contribution in [0.3, 0.4) is 0 Å². The number of nitrogens with zero attached hydrogens (tertiary/aromatic N) is 2. The molecule has 1 rings (SSSR count). The van der Waals surface area contributed by atoms with Gasteiger partial charge in [0.15, 0.2) is 0 Å². The van der Waals surface area contributed by atoms with Crippen LogP contribution >= 0.6 is 0 Å². The average Bonchev–Trinajstić information content (AvgIpc) is 2.31. The fourth-order valence-corrected chi connectivity index (χ4v) is 1.74. The molecule has 1 heterocycles. The van der Waals surface area contributed by atoms with E-state index in [9.17, 15) is 5.11 Å². The van der Waals surface area contributed by atoms with Crippen LogP contribution in [0.4, 0.5) is 0 Å². The van der Waals surface area contributed by atoms with Gasteiger partial charge in [0, 0.05) is 24.8 Å². The van der Waals surface area contributed by atoms with Crippen molar-refractivity contribution in [3.63, 3.8) is 0 Å². The third-order valence-electron chi connectivity index (χ3n) is 2.86. The predicted octanol–water partition coefficient (Wildman–Crippen LogP) is 0.612. The lowest BCUT2D eigenvalue weighted by atomic mass is 10.1. The first-order valence-corrected chi connectivity index (χ1v) is 5.65. The molecular formula is C12H21N3O. The Balaban J connectivity index is 2.59. The number of hydrogen-bond donors (Lipinski definition) is 2. The number of rotatable bonds is 6. The lowest BCUT2D eigenvalue weighted by molar-refractivity contribution is 0.119. The highest BCUT2D eigenvalue weighted by Crippen LogP contribution is 2.07. The Labute approximate surface area is 97.1 Å². The summed E-state index contributed by atoms with van der Waals surface area (Å²) in [6.07, 6.45) is 2.63. The smallest absolute Gasteiger partial charge is 0.0601 e. The van der Waals surface area contributed by atoms with Crippen molar-refractivity contribution in [2.75, 3.05) is 13.7 Å². The van der Waals surface area contributed by atoms with Gasteiger partial charge in [-0.3, -0.25) is 9.88 Å². The zero-order chi connectivity index (χ0) is 12.0. The summed E-state index contributed by atoms with van der Waals surface area (Å²) >= 11 is 0. The molecule has 2 unspecified atom stereocenters. The molecule has 0 spiro atoms. The summed E-state index contributed by atoms with van der Waals surface area (Å²) in [5.74, 6) is 0. The molecule has 1 aromatic heterocycles. The quantitative estimate of drug-likeness (QED) is 0.742. The normalized spacial score (nSPS) is 15.1. The van der Waals surface area contributed by atoms with E-state index in [2.05, 4.69) is 9.88 Å². The molecule has 0 saturated carbocycles. The second kappa shape index (κ2) is 6.58. The molecule has 0 saturated heterocycles. The Morgan fingerprint density at radius 3 is 2.75 bits per heavy atom. The first kappa shape index (κ1) is 13.1. The Bertz CT molecular complexity index is 292. The number of aliphatic hydroxyl groups is 1. The molecule has 1 aromatic rings. The SMILES string of the molecule is CCC(N)C(CO)N(C)Cc1ccccn1. The van der Waals surface area contributed by atoms with Gasteiger partial charge in [-0.25, -0.2) is 0 Å². The van der Waals surface area contributed by atoms with E-state index in [1.807, 2.05) is 32.2 Å². The van der Waals surface area contributed by atoms with Crippen molar-refractivity contribution < 1.29 is 5.11 Å². The molecule has 0 aromatic carbocycles. The van der Waals surface area contributed by atoms with Gasteiger partial charge in [0.2, 0.25) is 0 Å². The molecule has 16 heavy (non-hydrogen) atoms. The minimum Gasteiger partial charge on any atom is -0.395 e. The molecule has 3 N–H and O–H groups in total. The fourth-order valence-electron chi connectivity index (χ4n) is 1.74. The molecule has 90 valence electrons. The number of aliphatic hydroxyl groups excluding tert-OH is 1. The highest BCUT2D eigenvalue weighted by atomic mass is 16.3. The van der Waals surface area contributed by atoms with E-state index in [1.165, 1.54) is 0 Å². The Kier molecular flexibility index (Phi) is 5.38. The molecule has 0 radical (unpaired) electrons. The van der Waals surface area contributed by atoms with Crippen molar-refractivity contribution in [2.45, 2.75) is 32.0 Å². The molecule has 2 atom stereocenters. The van der Waals surface area contributed by atoms with Gasteiger partial charge in [0.1, 0.15) is 0 Å². The topological polar surface area (TPSA) is 62.4 Å². The van der Waals surface area contributed by atoms with Gasteiger partial charge in [-0.15, -0.1) is 0 Å². The van der Waals surface area contributed by atoms with Crippen molar-refractivity contribution in [1.29, 1.82) is 0 Å². The third kappa shape index (κ3) is 3.56. The van der Waals surface area contributed by atoms with Crippen LogP contribution in [0.5, 0.6) is 0 Å². The Morgan fingerprint density at radius 2 is 2.25 bits per heavy atom. The van der Waals surface area contributed by atoms with E-state index < -0.39 is 0 Å². The minimum absolute atomic E-state index is 0.00119. The molecule has 0 fully saturated rings. The summed E-state index contributed by atoms with van der Waals surface area (Å²) in [6, 6.07) is 5.82. The van der Waals surface area contributed by atoms with Crippen LogP contribution in [0.1, 0.15) is 19.0 Å². The number of aromatic nitrogens is 1. The Hall–Kier alpha value is -0.970. The summed E-state index contributed by atoms with van der Waals surface area (Å²) in [4.78, 5) is 6.31. The summed E-state index contributed by atoms with van der Waals surface area (Å²) in [7, 11) is 1.96. The third-order valence-corrected chi connectivity index (χ3v) is 2.86. The van der Waals surface area contributed by atoms with Gasteiger partial charge in [0.05, 0.1) is 12.3 Å². The lowest BCUT2D eigenvalue weighted by Crippen LogP contribution is -2.47. The van der Waals surface area contributed by atoms with Crippen LogP contribution in [-0.4, -0.2) is 40.7 Å². The molecule has 0 aliphatic rings. The Morgan fingerprint density at radius 1 is 1.50 bits per heavy atom. The van der Waals surface area contributed by atoms with Gasteiger partial charge in [0.25, 0.3) is 0 Å². The van der Waals surface area contributed by atoms with Crippen LogP contribution in [0.15, 0.2) is 24.4 Å². The summed E-state index contributed by atoms with van der Waals surface area (Å²) in [5.41, 5.74) is 6.95. The molecule has 4 heteroatoms. The molecule has 4 nitrogen and oxygen atoms in total. The van der Waals surface area contributed by atoms with Crippen molar-refractivity contribution >= 4 is 0 Å². The monoisotopic (exact) mass is 223 g/mol. The predicted molar refractivity (Wildman–Crippen MR) is 64.8 cm³/mol. The van der Waals surface area contributed by atoms with Crippen LogP contribution in [0.2, 0.25) is 0 Å². The number of pyridine rings is 1. The van der Waals surface area contributed by atoms with Crippen molar-refractivity contribution in [1.82, 2.24) is 9.88 Å². The van der Waals surface area contributed by atoms with Crippen molar-refractivity contribution in [3.8, 4) is 0 Å². The molecule has 0 aliphatic carbocycles. The highest BCUT2D eigenvalue weighted by molar-refractivity contribution is 5.03. The van der Waals surface area contributed by atoms with Gasteiger partial charge in [-0.2, -0.15) is 0 Å². The molecule has 0 bridgehead atoms. The summed E-state index contributed by atoms with van der Waals surface area (Å²) in [6.45, 7) is 2.82. The zero-order valence-corrected chi connectivity index (χ0v) is 10.0. The van der Waals surface area contributed by atoms with E-state index in [1.54, 1.807) is 6.20 Å². The van der Waals surface area contributed by atoms with E-state index in [4.69, 9.17) is 5.73 Å². The van der Waals surface area contributed by atoms with Crippen LogP contribution in [-0.2, 0) is 6.54 Å². The highest BCUT2D eigenvalue weighted by Gasteiger charge is 2.20. The van der Waals surface area contributed by atoms with Gasteiger partial charge in [-0.05, 0) is 25.6 Å². The van der Waals surface area contributed by atoms with Gasteiger partial charge < -0.3 is 10.8 Å². The van der Waals surface area contributed by atoms with E-state index >= 15 is 0 Å². The first-order chi connectivity index (χ1) is 7.69. The van der Waals surface area contributed by atoms with E-state index in [0.29, 0.717) is 6.54 Å². The number of nitrogens with two attached hydrogens (primary N) is 1. The second-order valence-electron chi connectivity index (χ2n) is 4.06. The van der Waals surface area contributed by atoms with E-state index in [0.717, 1.165) is 12.1 Å². The fraction of sp³-hybridized carbons (Fsp3) is 0.583. The standard InChI is InChI=1S/C12H21N3O/c1-3-11(13)12(9-16)15(2)8-10-6-4-5-7-14-10/h4-7,11-12,16H,3,8-9,13H2,1-2H3. The summed E-state index contributed by atoms with van der Waals surface area (Å²) in [5, 5.41) is 9.33. The van der Waals surface area contributed by atoms with Crippen molar-refractivity contribution in [2.24, 2.45) is 5.73 Å². The van der Waals surface area contributed by atoms with Crippen molar-refractivity contribution in [3.05, 3.63) is 30.1 Å². The number of likely N-dealkylation sites (N-methyl/N-ethyl adjacent to an activating group) is 1. The second-order valence-corrected chi connectivity index (χ2v) is 4.06. The largest absolute Gasteiger partial charge is 0.395 e. The summed E-state index contributed by atoms with van der Waals surface area (Å²) < 4.78 is 0. The number of hydrogen-bond acceptors (Lipinski definition) is 4. The van der Waals surface area contributed by atoms with Crippen LogP contribution < -0.4 is 5.73 Å². The van der Waals surface area contributed by atoms with Gasteiger partial charge in [-0.1, -0.05) is 13.0 Å². The maximum Gasteiger partial charge on any atom is 0.0601 e. The van der Waals surface area contributed by atoms with Crippen LogP contribution in [0.25, 0.3) is 0 Å². The lowest BCUT2D eigenvalue weighted by Gasteiger charge is -2.30. The molecular weight excluding hydrogens is 202 g/mol. The van der Waals surface area contributed by atoms with E-state index in [-0.39, 0.29) is 18.7 Å². The zero-order valence-electron chi connectivity index (χ0n) is 10.0. The van der Waals surface area contributed by atoms with Gasteiger partial charge >= 0.3 is 0 Å². The van der Waals surface area contributed by atoms with Crippen LogP contribution in [0, 0.1) is 0 Å². The maximum atomic E-state index is 9.33. The minimum atomic E-state index is -0.00740. The molecule has 0 aliphatic heterocycles. The average molecular weight is 223 g/mol.